The third-order valence-corrected chi connectivity index (χ3v) is 1.93. The van der Waals surface area contributed by atoms with Crippen LogP contribution in [0.1, 0.15) is 0 Å². The Hall–Kier alpha value is -1.77. The Bertz CT molecular complexity index is 465. The molecule has 0 spiro atoms. The van der Waals surface area contributed by atoms with E-state index in [0.29, 0.717) is 5.69 Å². The topological polar surface area (TPSA) is 34.7 Å². The van der Waals surface area contributed by atoms with Gasteiger partial charge in [-0.15, -0.1) is 0 Å². The van der Waals surface area contributed by atoms with E-state index in [1.54, 1.807) is 24.3 Å². The lowest BCUT2D eigenvalue weighted by molar-refractivity contribution is 0.630. The normalized spacial score (nSPS) is 10.2. The third kappa shape index (κ3) is 1.28. The number of nitrogens with zero attached hydrogens (tertiary/aromatic N) is 2. The maximum Gasteiger partial charge on any atom is 0.123 e. The summed E-state index contributed by atoms with van der Waals surface area (Å²) in [6, 6.07) is 9.50. The molecule has 0 amide bonds. The largest absolute Gasteiger partial charge is 0.706 e. The summed E-state index contributed by atoms with van der Waals surface area (Å²) in [5, 5.41) is 4.58. The highest BCUT2D eigenvalue weighted by molar-refractivity contribution is 5.92. The van der Waals surface area contributed by atoms with E-state index in [1.807, 2.05) is 0 Å². The molecule has 0 fully saturated rings. The minimum atomic E-state index is -0.289. The quantitative estimate of drug-likeness (QED) is 0.590. The van der Waals surface area contributed by atoms with Crippen LogP contribution in [0.15, 0.2) is 41.5 Å². The van der Waals surface area contributed by atoms with E-state index in [-0.39, 0.29) is 5.82 Å². The third-order valence-electron chi connectivity index (χ3n) is 1.93. The van der Waals surface area contributed by atoms with Crippen molar-refractivity contribution in [2.75, 3.05) is 0 Å². The molecule has 0 saturated heterocycles. The fourth-order valence-electron chi connectivity index (χ4n) is 1.32. The Labute approximate surface area is 74.5 Å². The fourth-order valence-corrected chi connectivity index (χ4v) is 1.32. The van der Waals surface area contributed by atoms with Crippen LogP contribution in [-0.4, -0.2) is 0 Å². The summed E-state index contributed by atoms with van der Waals surface area (Å²) in [5.74, 6) is -0.289. The van der Waals surface area contributed by atoms with Crippen LogP contribution in [0.2, 0.25) is 0 Å². The molecule has 2 aromatic carbocycles. The Morgan fingerprint density at radius 1 is 1.15 bits per heavy atom. The molecular formula is C10H6FN2-. The van der Waals surface area contributed by atoms with Gasteiger partial charge in [-0.1, -0.05) is 12.1 Å². The van der Waals surface area contributed by atoms with Gasteiger partial charge in [-0.25, -0.2) is 4.39 Å². The average Bonchev–Trinajstić information content (AvgIpc) is 2.16. The molecule has 0 aromatic heterocycles. The Kier molecular flexibility index (Phi) is 1.77. The van der Waals surface area contributed by atoms with E-state index in [4.69, 9.17) is 5.53 Å². The molecule has 0 atom stereocenters. The molecular weight excluding hydrogens is 167 g/mol. The molecule has 0 bridgehead atoms. The van der Waals surface area contributed by atoms with Gasteiger partial charge in [0.05, 0.1) is 0 Å². The SMILES string of the molecule is [N-]=Nc1cccc2cc(F)ccc12. The predicted molar refractivity (Wildman–Crippen MR) is 49.4 cm³/mol. The number of hydrogen-bond acceptors (Lipinski definition) is 1. The Balaban J connectivity index is 2.84. The standard InChI is InChI=1S/C10H6FN2/c11-8-4-5-9-7(6-8)2-1-3-10(9)13-12/h1-6H/q-1. The minimum Gasteiger partial charge on any atom is -0.706 e. The molecule has 0 radical (unpaired) electrons. The van der Waals surface area contributed by atoms with Crippen LogP contribution in [-0.2, 0) is 0 Å². The number of fused-ring (bicyclic) bond motifs is 1. The van der Waals surface area contributed by atoms with Gasteiger partial charge in [0.15, 0.2) is 0 Å². The maximum atomic E-state index is 12.8. The molecule has 0 aliphatic heterocycles. The lowest BCUT2D eigenvalue weighted by atomic mass is 10.1. The van der Waals surface area contributed by atoms with Crippen LogP contribution in [0.3, 0.4) is 0 Å². The second-order valence-electron chi connectivity index (χ2n) is 2.74. The van der Waals surface area contributed by atoms with Crippen LogP contribution in [0, 0.1) is 5.82 Å². The van der Waals surface area contributed by atoms with Gasteiger partial charge in [-0.2, -0.15) is 0 Å². The number of hydrogen-bond donors (Lipinski definition) is 0. The second kappa shape index (κ2) is 2.94. The first-order valence-electron chi connectivity index (χ1n) is 3.84. The maximum absolute atomic E-state index is 12.8. The van der Waals surface area contributed by atoms with Gasteiger partial charge >= 0.3 is 0 Å². The van der Waals surface area contributed by atoms with Gasteiger partial charge in [0, 0.05) is 11.1 Å². The summed E-state index contributed by atoms with van der Waals surface area (Å²) in [7, 11) is 0. The van der Waals surface area contributed by atoms with Crippen molar-refractivity contribution in [3.05, 3.63) is 47.7 Å². The lowest BCUT2D eigenvalue weighted by Gasteiger charge is -2.03. The highest BCUT2D eigenvalue weighted by Crippen LogP contribution is 2.25. The van der Waals surface area contributed by atoms with Crippen molar-refractivity contribution in [1.82, 2.24) is 0 Å². The summed E-state index contributed by atoms with van der Waals surface area (Å²) in [6.45, 7) is 0. The van der Waals surface area contributed by atoms with Gasteiger partial charge in [-0.05, 0) is 29.7 Å². The molecule has 0 aliphatic carbocycles. The smallest absolute Gasteiger partial charge is 0.123 e. The van der Waals surface area contributed by atoms with Crippen molar-refractivity contribution in [1.29, 1.82) is 0 Å². The fraction of sp³-hybridized carbons (Fsp3) is 0. The molecule has 0 unspecified atom stereocenters. The molecule has 2 rings (SSSR count). The van der Waals surface area contributed by atoms with Gasteiger partial charge in [0.25, 0.3) is 0 Å². The summed E-state index contributed by atoms with van der Waals surface area (Å²) in [5.41, 5.74) is 9.09. The second-order valence-corrected chi connectivity index (χ2v) is 2.74. The zero-order chi connectivity index (χ0) is 9.26. The van der Waals surface area contributed by atoms with Crippen molar-refractivity contribution in [3.63, 3.8) is 0 Å². The summed E-state index contributed by atoms with van der Waals surface area (Å²) >= 11 is 0. The lowest BCUT2D eigenvalue weighted by Crippen LogP contribution is -1.75. The molecule has 3 heteroatoms. The zero-order valence-corrected chi connectivity index (χ0v) is 6.74. The van der Waals surface area contributed by atoms with E-state index in [0.717, 1.165) is 10.8 Å². The molecule has 2 aromatic rings. The van der Waals surface area contributed by atoms with E-state index in [9.17, 15) is 4.39 Å². The number of halogens is 1. The van der Waals surface area contributed by atoms with Crippen LogP contribution >= 0.6 is 0 Å². The van der Waals surface area contributed by atoms with Crippen LogP contribution in [0.4, 0.5) is 10.1 Å². The first kappa shape index (κ1) is 7.86. The Morgan fingerprint density at radius 3 is 2.77 bits per heavy atom. The van der Waals surface area contributed by atoms with E-state index < -0.39 is 0 Å². The molecule has 2 nitrogen and oxygen atoms in total. The first-order valence-corrected chi connectivity index (χ1v) is 3.84. The van der Waals surface area contributed by atoms with Crippen molar-refractivity contribution >= 4 is 16.5 Å². The number of benzene rings is 2. The molecule has 13 heavy (non-hydrogen) atoms. The van der Waals surface area contributed by atoms with Gasteiger partial charge in [-0.3, -0.25) is 0 Å². The molecule has 0 N–H and O–H groups in total. The minimum absolute atomic E-state index is 0.289. The van der Waals surface area contributed by atoms with Crippen molar-refractivity contribution in [2.45, 2.75) is 0 Å². The van der Waals surface area contributed by atoms with Gasteiger partial charge in [0.2, 0.25) is 0 Å². The van der Waals surface area contributed by atoms with Crippen molar-refractivity contribution in [3.8, 4) is 0 Å². The molecule has 64 valence electrons. The average molecular weight is 173 g/mol. The highest BCUT2D eigenvalue weighted by Gasteiger charge is 1.97. The van der Waals surface area contributed by atoms with E-state index in [2.05, 4.69) is 5.11 Å². The van der Waals surface area contributed by atoms with Crippen molar-refractivity contribution in [2.24, 2.45) is 5.11 Å². The number of rotatable bonds is 1. The van der Waals surface area contributed by atoms with Gasteiger partial charge < -0.3 is 10.6 Å². The Morgan fingerprint density at radius 2 is 2.00 bits per heavy atom. The summed E-state index contributed by atoms with van der Waals surface area (Å²) in [6.07, 6.45) is 0. The van der Waals surface area contributed by atoms with Gasteiger partial charge in [0.1, 0.15) is 5.82 Å². The van der Waals surface area contributed by atoms with E-state index in [1.165, 1.54) is 12.1 Å². The molecule has 0 saturated carbocycles. The predicted octanol–water partition coefficient (Wildman–Crippen LogP) is 3.63. The summed E-state index contributed by atoms with van der Waals surface area (Å²) < 4.78 is 12.8. The van der Waals surface area contributed by atoms with Crippen LogP contribution in [0.25, 0.3) is 16.3 Å². The summed E-state index contributed by atoms with van der Waals surface area (Å²) in [4.78, 5) is 0. The van der Waals surface area contributed by atoms with Crippen molar-refractivity contribution < 1.29 is 4.39 Å². The zero-order valence-electron chi connectivity index (χ0n) is 6.74. The van der Waals surface area contributed by atoms with Crippen LogP contribution < -0.4 is 0 Å². The monoisotopic (exact) mass is 173 g/mol. The van der Waals surface area contributed by atoms with Crippen LogP contribution in [0.5, 0.6) is 0 Å². The molecule has 0 aliphatic rings. The van der Waals surface area contributed by atoms with E-state index >= 15 is 0 Å². The molecule has 0 heterocycles. The highest BCUT2D eigenvalue weighted by atomic mass is 19.1. The first-order chi connectivity index (χ1) is 6.31.